The molecule has 2 aromatic rings. The van der Waals surface area contributed by atoms with Gasteiger partial charge in [-0.2, -0.15) is 0 Å². The van der Waals surface area contributed by atoms with Crippen molar-refractivity contribution in [1.82, 2.24) is 5.16 Å². The average molecular weight is 242 g/mol. The Balaban J connectivity index is 2.46. The van der Waals surface area contributed by atoms with Gasteiger partial charge in [0.2, 0.25) is 0 Å². The lowest BCUT2D eigenvalue weighted by Crippen LogP contribution is -2.02. The van der Waals surface area contributed by atoms with E-state index in [9.17, 15) is 13.2 Å². The van der Waals surface area contributed by atoms with Crippen molar-refractivity contribution in [2.75, 3.05) is 0 Å². The lowest BCUT2D eigenvalue weighted by atomic mass is 10.1. The van der Waals surface area contributed by atoms with E-state index < -0.39 is 17.5 Å². The Hall–Kier alpha value is -1.82. The molecule has 1 aromatic carbocycles. The van der Waals surface area contributed by atoms with E-state index in [2.05, 4.69) is 5.16 Å². The second-order valence-electron chi connectivity index (χ2n) is 3.66. The van der Waals surface area contributed by atoms with Crippen molar-refractivity contribution in [2.24, 2.45) is 5.73 Å². The summed E-state index contributed by atoms with van der Waals surface area (Å²) >= 11 is 0. The van der Waals surface area contributed by atoms with Crippen LogP contribution in [0.2, 0.25) is 0 Å². The lowest BCUT2D eigenvalue weighted by molar-refractivity contribution is 0.369. The fourth-order valence-corrected chi connectivity index (χ4v) is 1.34. The highest BCUT2D eigenvalue weighted by molar-refractivity contribution is 5.59. The molecule has 1 atom stereocenters. The maximum Gasteiger partial charge on any atom is 0.194 e. The molecule has 1 unspecified atom stereocenters. The Morgan fingerprint density at radius 2 is 1.76 bits per heavy atom. The van der Waals surface area contributed by atoms with Crippen molar-refractivity contribution in [3.05, 3.63) is 41.4 Å². The third kappa shape index (κ3) is 2.16. The number of hydrogen-bond donors (Lipinski definition) is 1. The van der Waals surface area contributed by atoms with Gasteiger partial charge in [0, 0.05) is 11.6 Å². The van der Waals surface area contributed by atoms with Crippen LogP contribution < -0.4 is 5.73 Å². The minimum absolute atomic E-state index is 0.0945. The van der Waals surface area contributed by atoms with Crippen molar-refractivity contribution < 1.29 is 17.7 Å². The SMILES string of the molecule is CC(N)c1cc(-c2cc(F)c(F)c(F)c2)no1. The van der Waals surface area contributed by atoms with Crippen molar-refractivity contribution in [1.29, 1.82) is 0 Å². The Morgan fingerprint density at radius 1 is 1.18 bits per heavy atom. The summed E-state index contributed by atoms with van der Waals surface area (Å²) in [5.74, 6) is -3.68. The Bertz CT molecular complexity index is 528. The maximum absolute atomic E-state index is 13.0. The molecule has 0 fully saturated rings. The highest BCUT2D eigenvalue weighted by atomic mass is 19.2. The predicted molar refractivity (Wildman–Crippen MR) is 54.4 cm³/mol. The second kappa shape index (κ2) is 4.21. The smallest absolute Gasteiger partial charge is 0.194 e. The van der Waals surface area contributed by atoms with Crippen LogP contribution in [-0.2, 0) is 0 Å². The van der Waals surface area contributed by atoms with Crippen LogP contribution in [0.3, 0.4) is 0 Å². The Kier molecular flexibility index (Phi) is 2.89. The molecular weight excluding hydrogens is 233 g/mol. The molecule has 0 aliphatic carbocycles. The zero-order chi connectivity index (χ0) is 12.6. The fourth-order valence-electron chi connectivity index (χ4n) is 1.34. The van der Waals surface area contributed by atoms with Gasteiger partial charge in [-0.3, -0.25) is 0 Å². The van der Waals surface area contributed by atoms with Crippen LogP contribution in [0.25, 0.3) is 11.3 Å². The molecule has 2 N–H and O–H groups in total. The van der Waals surface area contributed by atoms with Crippen LogP contribution >= 0.6 is 0 Å². The van der Waals surface area contributed by atoms with Crippen molar-refractivity contribution in [3.63, 3.8) is 0 Å². The van der Waals surface area contributed by atoms with Crippen LogP contribution in [0, 0.1) is 17.5 Å². The van der Waals surface area contributed by atoms with Gasteiger partial charge in [-0.25, -0.2) is 13.2 Å². The lowest BCUT2D eigenvalue weighted by Gasteiger charge is -1.99. The molecule has 3 nitrogen and oxygen atoms in total. The van der Waals surface area contributed by atoms with E-state index in [1.165, 1.54) is 6.07 Å². The summed E-state index contributed by atoms with van der Waals surface area (Å²) in [4.78, 5) is 0. The third-order valence-corrected chi connectivity index (χ3v) is 2.26. The van der Waals surface area contributed by atoms with Gasteiger partial charge in [-0.1, -0.05) is 5.16 Å². The van der Waals surface area contributed by atoms with Gasteiger partial charge in [0.15, 0.2) is 23.2 Å². The van der Waals surface area contributed by atoms with Gasteiger partial charge in [-0.05, 0) is 19.1 Å². The summed E-state index contributed by atoms with van der Waals surface area (Å²) < 4.78 is 43.6. The summed E-state index contributed by atoms with van der Waals surface area (Å²) in [6.07, 6.45) is 0. The normalized spacial score (nSPS) is 12.8. The van der Waals surface area contributed by atoms with E-state index >= 15 is 0 Å². The molecule has 6 heteroatoms. The van der Waals surface area contributed by atoms with Gasteiger partial charge >= 0.3 is 0 Å². The predicted octanol–water partition coefficient (Wildman–Crippen LogP) is 2.78. The summed E-state index contributed by atoms with van der Waals surface area (Å²) in [6.45, 7) is 1.68. The maximum atomic E-state index is 13.0. The van der Waals surface area contributed by atoms with E-state index in [0.717, 1.165) is 12.1 Å². The molecule has 0 saturated carbocycles. The molecule has 0 bridgehead atoms. The summed E-state index contributed by atoms with van der Waals surface area (Å²) in [5.41, 5.74) is 5.85. The molecule has 0 saturated heterocycles. The highest BCUT2D eigenvalue weighted by Gasteiger charge is 2.15. The van der Waals surface area contributed by atoms with Gasteiger partial charge in [-0.15, -0.1) is 0 Å². The monoisotopic (exact) mass is 242 g/mol. The first kappa shape index (κ1) is 11.7. The van der Waals surface area contributed by atoms with E-state index in [1.54, 1.807) is 6.92 Å². The minimum Gasteiger partial charge on any atom is -0.359 e. The molecule has 0 radical (unpaired) electrons. The molecule has 0 aliphatic heterocycles. The van der Waals surface area contributed by atoms with Crippen LogP contribution in [0.1, 0.15) is 18.7 Å². The first-order valence-electron chi connectivity index (χ1n) is 4.86. The number of nitrogens with two attached hydrogens (primary N) is 1. The largest absolute Gasteiger partial charge is 0.359 e. The van der Waals surface area contributed by atoms with E-state index in [0.29, 0.717) is 5.76 Å². The number of halogens is 3. The average Bonchev–Trinajstić information content (AvgIpc) is 2.74. The molecule has 1 aromatic heterocycles. The third-order valence-electron chi connectivity index (χ3n) is 2.26. The molecule has 17 heavy (non-hydrogen) atoms. The van der Waals surface area contributed by atoms with Crippen molar-refractivity contribution in [2.45, 2.75) is 13.0 Å². The summed E-state index contributed by atoms with van der Waals surface area (Å²) in [5, 5.41) is 3.61. The standard InChI is InChI=1S/C11H9F3N2O/c1-5(15)10-4-9(16-17-10)6-2-7(12)11(14)8(13)3-6/h2-5H,15H2,1H3. The number of rotatable bonds is 2. The molecule has 0 spiro atoms. The minimum atomic E-state index is -1.51. The zero-order valence-corrected chi connectivity index (χ0v) is 8.88. The highest BCUT2D eigenvalue weighted by Crippen LogP contribution is 2.24. The second-order valence-corrected chi connectivity index (χ2v) is 3.66. The van der Waals surface area contributed by atoms with Crippen LogP contribution in [0.15, 0.2) is 22.7 Å². The van der Waals surface area contributed by atoms with Gasteiger partial charge < -0.3 is 10.3 Å². The van der Waals surface area contributed by atoms with Crippen molar-refractivity contribution in [3.8, 4) is 11.3 Å². The number of benzene rings is 1. The van der Waals surface area contributed by atoms with Crippen LogP contribution in [0.5, 0.6) is 0 Å². The van der Waals surface area contributed by atoms with Gasteiger partial charge in [0.25, 0.3) is 0 Å². The first-order chi connectivity index (χ1) is 7.99. The van der Waals surface area contributed by atoms with E-state index in [1.807, 2.05) is 0 Å². The molecule has 2 rings (SSSR count). The molecule has 90 valence electrons. The van der Waals surface area contributed by atoms with Crippen LogP contribution in [0.4, 0.5) is 13.2 Å². The summed E-state index contributed by atoms with van der Waals surface area (Å²) in [7, 11) is 0. The number of hydrogen-bond acceptors (Lipinski definition) is 3. The number of aromatic nitrogens is 1. The molecule has 0 aliphatic rings. The molecule has 0 amide bonds. The van der Waals surface area contributed by atoms with E-state index in [4.69, 9.17) is 10.3 Å². The van der Waals surface area contributed by atoms with Crippen molar-refractivity contribution >= 4 is 0 Å². The Morgan fingerprint density at radius 3 is 2.24 bits per heavy atom. The van der Waals surface area contributed by atoms with Gasteiger partial charge in [0.1, 0.15) is 5.69 Å². The summed E-state index contributed by atoms with van der Waals surface area (Å²) in [6, 6.07) is 2.77. The van der Waals surface area contributed by atoms with Gasteiger partial charge in [0.05, 0.1) is 6.04 Å². The van der Waals surface area contributed by atoms with E-state index in [-0.39, 0.29) is 17.3 Å². The zero-order valence-electron chi connectivity index (χ0n) is 8.88. The topological polar surface area (TPSA) is 52.0 Å². The first-order valence-corrected chi connectivity index (χ1v) is 4.86. The quantitative estimate of drug-likeness (QED) is 0.824. The Labute approximate surface area is 95.0 Å². The number of nitrogens with zero attached hydrogens (tertiary/aromatic N) is 1. The fraction of sp³-hybridized carbons (Fsp3) is 0.182. The molecule has 1 heterocycles. The molecular formula is C11H9F3N2O. The van der Waals surface area contributed by atoms with Crippen LogP contribution in [-0.4, -0.2) is 5.16 Å².